The van der Waals surface area contributed by atoms with Crippen LogP contribution in [0, 0.1) is 0 Å². The lowest BCUT2D eigenvalue weighted by Gasteiger charge is -2.14. The number of hydrogen-bond donors (Lipinski definition) is 0. The van der Waals surface area contributed by atoms with Gasteiger partial charge in [0.15, 0.2) is 11.6 Å². The van der Waals surface area contributed by atoms with Gasteiger partial charge in [-0.2, -0.15) is 9.97 Å². The van der Waals surface area contributed by atoms with Crippen LogP contribution in [-0.4, -0.2) is 43.2 Å². The summed E-state index contributed by atoms with van der Waals surface area (Å²) in [4.78, 5) is 26.2. The quantitative estimate of drug-likeness (QED) is 0.127. The molecule has 0 aliphatic heterocycles. The highest BCUT2D eigenvalue weighted by molar-refractivity contribution is 6.26. The van der Waals surface area contributed by atoms with Crippen molar-refractivity contribution < 1.29 is 0 Å². The first-order chi connectivity index (χ1) is 59.5. The molecule has 0 atom stereocenters. The van der Waals surface area contributed by atoms with E-state index in [4.69, 9.17) is 24.9 Å². The van der Waals surface area contributed by atoms with Crippen molar-refractivity contribution >= 4 is 141 Å². The zero-order valence-corrected chi connectivity index (χ0v) is 64.9. The van der Waals surface area contributed by atoms with Gasteiger partial charge in [0, 0.05) is 76.7 Å². The Morgan fingerprint density at radius 1 is 0.150 bits per heavy atom. The van der Waals surface area contributed by atoms with Crippen LogP contribution in [-0.2, 0) is 0 Å². The molecule has 0 saturated heterocycles. The highest BCUT2D eigenvalue weighted by Crippen LogP contribution is 2.44. The third-order valence-corrected chi connectivity index (χ3v) is 24.3. The summed E-state index contributed by atoms with van der Waals surface area (Å²) < 4.78 is 9.21. The zero-order valence-electron chi connectivity index (χ0n) is 64.9. The van der Waals surface area contributed by atoms with Crippen LogP contribution in [0.15, 0.2) is 419 Å². The van der Waals surface area contributed by atoms with Crippen LogP contribution in [0.5, 0.6) is 0 Å². The summed E-state index contributed by atoms with van der Waals surface area (Å²) >= 11 is 0. The average Bonchev–Trinajstić information content (AvgIpc) is 1.45. The van der Waals surface area contributed by atoms with Crippen molar-refractivity contribution in [3.05, 3.63) is 419 Å². The van der Waals surface area contributed by atoms with Gasteiger partial charge in [-0.1, -0.05) is 309 Å². The molecule has 120 heavy (non-hydrogen) atoms. The third-order valence-electron chi connectivity index (χ3n) is 24.3. The number of rotatable bonds is 10. The van der Waals surface area contributed by atoms with E-state index in [1.807, 2.05) is 12.1 Å². The molecule has 9 nitrogen and oxygen atoms in total. The molecule has 0 bridgehead atoms. The van der Waals surface area contributed by atoms with Crippen molar-refractivity contribution in [1.29, 1.82) is 0 Å². The monoisotopic (exact) mass is 1530 g/mol. The topological polar surface area (TPSA) is 84.2 Å². The first kappa shape index (κ1) is 68.2. The van der Waals surface area contributed by atoms with E-state index < -0.39 is 0 Å². The molecule has 0 fully saturated rings. The van der Waals surface area contributed by atoms with Crippen LogP contribution < -0.4 is 0 Å². The van der Waals surface area contributed by atoms with Gasteiger partial charge in [0.25, 0.3) is 0 Å². The first-order valence-electron chi connectivity index (χ1n) is 40.8. The van der Waals surface area contributed by atoms with Gasteiger partial charge in [0.05, 0.1) is 55.5 Å². The smallest absolute Gasteiger partial charge is 0.238 e. The van der Waals surface area contributed by atoms with E-state index in [9.17, 15) is 0 Å². The Hall–Kier alpha value is -16.2. The van der Waals surface area contributed by atoms with Crippen LogP contribution in [0.4, 0.5) is 0 Å². The maximum absolute atomic E-state index is 5.29. The molecule has 0 spiro atoms. The summed E-state index contributed by atoms with van der Waals surface area (Å²) in [7, 11) is 0. The summed E-state index contributed by atoms with van der Waals surface area (Å²) in [5, 5.41) is 21.7. The van der Waals surface area contributed by atoms with Gasteiger partial charge in [-0.05, 0) is 185 Å². The van der Waals surface area contributed by atoms with Gasteiger partial charge in [0.1, 0.15) is 0 Å². The molecule has 558 valence electrons. The minimum absolute atomic E-state index is 0.579. The van der Waals surface area contributed by atoms with Crippen molar-refractivity contribution in [2.75, 3.05) is 0 Å². The lowest BCUT2D eigenvalue weighted by molar-refractivity contribution is 0.954. The molecule has 19 aromatic carbocycles. The summed E-state index contributed by atoms with van der Waals surface area (Å²) in [5.74, 6) is 2.49. The number of nitrogens with zero attached hydrogens (tertiary/aromatic N) is 9. The number of benzene rings is 19. The fraction of sp³-hybridized carbons (Fsp3) is 0. The van der Waals surface area contributed by atoms with Crippen LogP contribution >= 0.6 is 0 Å². The van der Waals surface area contributed by atoms with Gasteiger partial charge in [-0.3, -0.25) is 9.13 Å². The second kappa shape index (κ2) is 27.8. The van der Waals surface area contributed by atoms with E-state index in [-0.39, 0.29) is 0 Å². The van der Waals surface area contributed by atoms with Crippen molar-refractivity contribution in [1.82, 2.24) is 43.2 Å². The van der Waals surface area contributed by atoms with E-state index in [1.165, 1.54) is 92.4 Å². The molecule has 25 aromatic rings. The van der Waals surface area contributed by atoms with E-state index in [0.717, 1.165) is 116 Å². The van der Waals surface area contributed by atoms with Crippen molar-refractivity contribution in [2.45, 2.75) is 0 Å². The maximum Gasteiger partial charge on any atom is 0.238 e. The van der Waals surface area contributed by atoms with Crippen LogP contribution in [0.2, 0.25) is 0 Å². The lowest BCUT2D eigenvalue weighted by atomic mass is 9.94. The molecular weight excluding hydrogens is 1460 g/mol. The summed E-state index contributed by atoms with van der Waals surface area (Å²) in [6, 6.07) is 150. The fourth-order valence-corrected chi connectivity index (χ4v) is 18.7. The van der Waals surface area contributed by atoms with E-state index in [1.54, 1.807) is 0 Å². The molecule has 0 saturated carbocycles. The molecule has 0 unspecified atom stereocenters. The molecule has 25 rings (SSSR count). The average molecular weight is 1530 g/mol. The number of fused-ring (bicyclic) bond motifs is 20. The Balaban J connectivity index is 0.000000137. The normalized spacial score (nSPS) is 11.8. The van der Waals surface area contributed by atoms with Crippen molar-refractivity contribution in [2.24, 2.45) is 0 Å². The lowest BCUT2D eigenvalue weighted by Crippen LogP contribution is -2.06. The first-order valence-corrected chi connectivity index (χ1v) is 40.8. The van der Waals surface area contributed by atoms with Gasteiger partial charge in [-0.15, -0.1) is 0 Å². The highest BCUT2D eigenvalue weighted by atomic mass is 15.2. The zero-order chi connectivity index (χ0) is 78.9. The van der Waals surface area contributed by atoms with Gasteiger partial charge in [0.2, 0.25) is 11.9 Å². The Morgan fingerprint density at radius 2 is 0.500 bits per heavy atom. The molecule has 0 amide bonds. The van der Waals surface area contributed by atoms with Crippen LogP contribution in [0.3, 0.4) is 0 Å². The minimum atomic E-state index is 0.579. The number of para-hydroxylation sites is 5. The summed E-state index contributed by atoms with van der Waals surface area (Å²) in [5.41, 5.74) is 21.7. The van der Waals surface area contributed by atoms with Gasteiger partial charge >= 0.3 is 0 Å². The number of hydrogen-bond acceptors (Lipinski definition) is 5. The summed E-state index contributed by atoms with van der Waals surface area (Å²) in [6.07, 6.45) is 0. The maximum atomic E-state index is 5.29. The largest absolute Gasteiger partial charge is 0.309 e. The Morgan fingerprint density at radius 3 is 1.00 bits per heavy atom. The SMILES string of the molecule is c1ccc(-c2cc(-c3ccccc3)nc(-n3c4ccccc4c4cc(-c5ccc6c(c5)c5ccccc5n6-c5ccc6c7ccccc7c7ccccc7c6c5)ccc43)n2)cc1.c1ccc(-n2c3ccccc3c3cc(-c4ccc5c(c4)c4ccccc4n5-c4nc(-c5ccc6ccccc6c5)nc(-c5cccc6ccccc56)n4)ccc32)cc1. The molecule has 0 aliphatic rings. The Bertz CT molecular complexity index is 8390. The van der Waals surface area contributed by atoms with E-state index in [2.05, 4.69) is 425 Å². The van der Waals surface area contributed by atoms with Crippen LogP contribution in [0.25, 0.3) is 232 Å². The molecule has 6 heterocycles. The predicted molar refractivity (Wildman–Crippen MR) is 499 cm³/mol. The molecule has 0 aliphatic carbocycles. The predicted octanol–water partition coefficient (Wildman–Crippen LogP) is 28.5. The van der Waals surface area contributed by atoms with Gasteiger partial charge < -0.3 is 9.13 Å². The third kappa shape index (κ3) is 11.2. The molecular formula is C111H69N9. The second-order valence-electron chi connectivity index (χ2n) is 31.0. The number of aromatic nitrogens is 9. The Kier molecular flexibility index (Phi) is 15.8. The van der Waals surface area contributed by atoms with E-state index >= 15 is 0 Å². The fourth-order valence-electron chi connectivity index (χ4n) is 18.7. The molecule has 9 heteroatoms. The highest BCUT2D eigenvalue weighted by Gasteiger charge is 2.24. The van der Waals surface area contributed by atoms with Crippen molar-refractivity contribution in [3.63, 3.8) is 0 Å². The molecule has 0 N–H and O–H groups in total. The van der Waals surface area contributed by atoms with E-state index in [0.29, 0.717) is 23.5 Å². The molecule has 0 radical (unpaired) electrons. The van der Waals surface area contributed by atoms with Crippen LogP contribution in [0.1, 0.15) is 0 Å². The van der Waals surface area contributed by atoms with Crippen molar-refractivity contribution in [3.8, 4) is 90.8 Å². The second-order valence-corrected chi connectivity index (χ2v) is 31.0. The van der Waals surface area contributed by atoms with Gasteiger partial charge in [-0.25, -0.2) is 15.0 Å². The Labute approximate surface area is 689 Å². The standard InChI is InChI=1S/C58H36N4.C53H33N5/c1-3-15-37(16-4-1)52-36-53(38-17-5-2-6-18-38)60-58(59-52)62-55-26-14-12-24-48(55)51-34-40(28-32-57(51)62)39-27-31-56-50(33-39)47-23-11-13-25-54(47)61(56)41-29-30-46-44-21-8-7-19-42(44)43-20-9-10-22-45(43)49(46)35-41;1-2-17-40(18-3-1)57-47-23-10-8-20-42(47)45-32-37(27-29-49(45)57)38-28-30-50-46(33-38)43-21-9-11-24-48(43)58(50)53-55-51(39-26-25-34-13-4-5-15-36(34)31-39)54-52(56-53)44-22-12-16-35-14-6-7-19-41(35)44/h1-36H;1-33H. The minimum Gasteiger partial charge on any atom is -0.309 e. The molecule has 6 aromatic heterocycles. The summed E-state index contributed by atoms with van der Waals surface area (Å²) in [6.45, 7) is 0.